The molecule has 4 heteroatoms. The Balaban J connectivity index is 1.76. The van der Waals surface area contributed by atoms with E-state index in [0.717, 1.165) is 30.4 Å². The number of hydrogen-bond acceptors (Lipinski definition) is 3. The van der Waals surface area contributed by atoms with Crippen LogP contribution in [0.15, 0.2) is 0 Å². The van der Waals surface area contributed by atoms with Crippen LogP contribution >= 0.6 is 0 Å². The first kappa shape index (κ1) is 10.6. The van der Waals surface area contributed by atoms with E-state index < -0.39 is 0 Å². The van der Waals surface area contributed by atoms with Gasteiger partial charge in [-0.05, 0) is 38.3 Å². The molecule has 1 aliphatic rings. The van der Waals surface area contributed by atoms with Gasteiger partial charge in [0.15, 0.2) is 0 Å². The van der Waals surface area contributed by atoms with Gasteiger partial charge >= 0.3 is 0 Å². The average molecular weight is 208 g/mol. The Morgan fingerprint density at radius 3 is 2.80 bits per heavy atom. The molecule has 1 saturated heterocycles. The lowest BCUT2D eigenvalue weighted by molar-refractivity contribution is 0.352. The van der Waals surface area contributed by atoms with Crippen molar-refractivity contribution in [1.29, 1.82) is 0 Å². The summed E-state index contributed by atoms with van der Waals surface area (Å²) in [6.45, 7) is 4.45. The summed E-state index contributed by atoms with van der Waals surface area (Å²) in [7, 11) is 0. The predicted octanol–water partition coefficient (Wildman–Crippen LogP) is 1.30. The van der Waals surface area contributed by atoms with Gasteiger partial charge in [0.1, 0.15) is 11.6 Å². The Hall–Kier alpha value is -0.900. The number of H-pyrrole nitrogens is 1. The molecule has 0 amide bonds. The van der Waals surface area contributed by atoms with Crippen molar-refractivity contribution in [3.05, 3.63) is 11.6 Å². The minimum absolute atomic E-state index is 0.876. The highest BCUT2D eigenvalue weighted by atomic mass is 15.2. The molecule has 0 radical (unpaired) electrons. The minimum atomic E-state index is 0.876. The van der Waals surface area contributed by atoms with Crippen molar-refractivity contribution in [2.75, 3.05) is 13.1 Å². The van der Waals surface area contributed by atoms with E-state index in [2.05, 4.69) is 27.4 Å². The molecular formula is C11H20N4. The lowest BCUT2D eigenvalue weighted by atomic mass is 9.93. The van der Waals surface area contributed by atoms with Crippen LogP contribution in [-0.2, 0) is 12.8 Å². The fraction of sp³-hybridized carbons (Fsp3) is 0.818. The first-order chi connectivity index (χ1) is 7.38. The molecule has 0 spiro atoms. The molecule has 1 aromatic rings. The van der Waals surface area contributed by atoms with Crippen LogP contribution in [0.3, 0.4) is 0 Å². The SMILES string of the molecule is CCc1n[nH]c(CCC2CCNCC2)n1. The molecule has 1 aromatic heterocycles. The van der Waals surface area contributed by atoms with Crippen molar-refractivity contribution < 1.29 is 0 Å². The summed E-state index contributed by atoms with van der Waals surface area (Å²) >= 11 is 0. The molecule has 2 heterocycles. The van der Waals surface area contributed by atoms with Crippen LogP contribution in [0.4, 0.5) is 0 Å². The fourth-order valence-corrected chi connectivity index (χ4v) is 2.12. The first-order valence-electron chi connectivity index (χ1n) is 5.99. The van der Waals surface area contributed by atoms with E-state index in [1.54, 1.807) is 0 Å². The second-order valence-electron chi connectivity index (χ2n) is 4.28. The third-order valence-corrected chi connectivity index (χ3v) is 3.14. The maximum Gasteiger partial charge on any atom is 0.150 e. The topological polar surface area (TPSA) is 53.6 Å². The molecule has 1 aliphatic heterocycles. The van der Waals surface area contributed by atoms with E-state index in [4.69, 9.17) is 0 Å². The van der Waals surface area contributed by atoms with Gasteiger partial charge in [0.2, 0.25) is 0 Å². The van der Waals surface area contributed by atoms with Crippen LogP contribution in [0.2, 0.25) is 0 Å². The second kappa shape index (κ2) is 5.26. The van der Waals surface area contributed by atoms with Gasteiger partial charge in [0.25, 0.3) is 0 Å². The van der Waals surface area contributed by atoms with Gasteiger partial charge < -0.3 is 5.32 Å². The van der Waals surface area contributed by atoms with Gasteiger partial charge in [-0.25, -0.2) is 4.98 Å². The Morgan fingerprint density at radius 1 is 1.33 bits per heavy atom. The number of hydrogen-bond donors (Lipinski definition) is 2. The number of nitrogens with zero attached hydrogens (tertiary/aromatic N) is 2. The molecule has 4 nitrogen and oxygen atoms in total. The van der Waals surface area contributed by atoms with Gasteiger partial charge in [-0.15, -0.1) is 0 Å². The Kier molecular flexibility index (Phi) is 3.72. The largest absolute Gasteiger partial charge is 0.317 e. The molecular weight excluding hydrogens is 188 g/mol. The van der Waals surface area contributed by atoms with Crippen molar-refractivity contribution in [3.63, 3.8) is 0 Å². The van der Waals surface area contributed by atoms with Crippen molar-refractivity contribution in [3.8, 4) is 0 Å². The molecule has 84 valence electrons. The van der Waals surface area contributed by atoms with E-state index in [1.165, 1.54) is 32.4 Å². The second-order valence-corrected chi connectivity index (χ2v) is 4.28. The third-order valence-electron chi connectivity index (χ3n) is 3.14. The molecule has 0 saturated carbocycles. The zero-order valence-electron chi connectivity index (χ0n) is 9.42. The molecule has 0 atom stereocenters. The van der Waals surface area contributed by atoms with Crippen LogP contribution in [0.1, 0.15) is 37.8 Å². The van der Waals surface area contributed by atoms with Crippen LogP contribution in [0, 0.1) is 5.92 Å². The summed E-state index contributed by atoms with van der Waals surface area (Å²) in [5.74, 6) is 2.88. The number of aryl methyl sites for hydroxylation is 2. The quantitative estimate of drug-likeness (QED) is 0.784. The highest BCUT2D eigenvalue weighted by Crippen LogP contribution is 2.17. The highest BCUT2D eigenvalue weighted by molar-refractivity contribution is 4.90. The van der Waals surface area contributed by atoms with E-state index in [-0.39, 0.29) is 0 Å². The third kappa shape index (κ3) is 3.02. The Morgan fingerprint density at radius 2 is 2.13 bits per heavy atom. The Bertz CT molecular complexity index is 289. The highest BCUT2D eigenvalue weighted by Gasteiger charge is 2.13. The van der Waals surface area contributed by atoms with Crippen molar-refractivity contribution >= 4 is 0 Å². The van der Waals surface area contributed by atoms with E-state index in [0.29, 0.717) is 0 Å². The summed E-state index contributed by atoms with van der Waals surface area (Å²) in [4.78, 5) is 4.43. The fourth-order valence-electron chi connectivity index (χ4n) is 2.12. The molecule has 1 fully saturated rings. The first-order valence-corrected chi connectivity index (χ1v) is 5.99. The molecule has 0 unspecified atom stereocenters. The van der Waals surface area contributed by atoms with Gasteiger partial charge in [-0.2, -0.15) is 5.10 Å². The van der Waals surface area contributed by atoms with Crippen LogP contribution in [0.5, 0.6) is 0 Å². The molecule has 2 N–H and O–H groups in total. The van der Waals surface area contributed by atoms with Crippen LogP contribution in [0.25, 0.3) is 0 Å². The summed E-state index contributed by atoms with van der Waals surface area (Å²) in [6.07, 6.45) is 5.85. The van der Waals surface area contributed by atoms with E-state index >= 15 is 0 Å². The summed E-state index contributed by atoms with van der Waals surface area (Å²) in [5, 5.41) is 10.6. The number of aromatic amines is 1. The predicted molar refractivity (Wildman–Crippen MR) is 59.7 cm³/mol. The summed E-state index contributed by atoms with van der Waals surface area (Å²) < 4.78 is 0. The van der Waals surface area contributed by atoms with Gasteiger partial charge in [-0.1, -0.05) is 6.92 Å². The van der Waals surface area contributed by atoms with E-state index in [1.807, 2.05) is 0 Å². The van der Waals surface area contributed by atoms with Gasteiger partial charge in [0.05, 0.1) is 0 Å². The standard InChI is InChI=1S/C11H20N4/c1-2-10-13-11(15-14-10)4-3-9-5-7-12-8-6-9/h9,12H,2-8H2,1H3,(H,13,14,15). The maximum absolute atomic E-state index is 4.43. The van der Waals surface area contributed by atoms with Crippen molar-refractivity contribution in [2.24, 2.45) is 5.92 Å². The Labute approximate surface area is 90.9 Å². The molecule has 0 aromatic carbocycles. The zero-order chi connectivity index (χ0) is 10.5. The molecule has 0 aliphatic carbocycles. The number of piperidine rings is 1. The number of aromatic nitrogens is 3. The summed E-state index contributed by atoms with van der Waals surface area (Å²) in [5.41, 5.74) is 0. The van der Waals surface area contributed by atoms with Crippen molar-refractivity contribution in [2.45, 2.75) is 39.0 Å². The van der Waals surface area contributed by atoms with E-state index in [9.17, 15) is 0 Å². The molecule has 0 bridgehead atoms. The average Bonchev–Trinajstić information content (AvgIpc) is 2.76. The lowest BCUT2D eigenvalue weighted by Gasteiger charge is -2.21. The van der Waals surface area contributed by atoms with Crippen LogP contribution < -0.4 is 5.32 Å². The molecule has 15 heavy (non-hydrogen) atoms. The maximum atomic E-state index is 4.43. The number of nitrogens with one attached hydrogen (secondary N) is 2. The van der Waals surface area contributed by atoms with Crippen molar-refractivity contribution in [1.82, 2.24) is 20.5 Å². The van der Waals surface area contributed by atoms with Gasteiger partial charge in [0, 0.05) is 12.8 Å². The minimum Gasteiger partial charge on any atom is -0.317 e. The molecule has 2 rings (SSSR count). The smallest absolute Gasteiger partial charge is 0.150 e. The zero-order valence-corrected chi connectivity index (χ0v) is 9.42. The normalized spacial score (nSPS) is 18.2. The van der Waals surface area contributed by atoms with Crippen LogP contribution in [-0.4, -0.2) is 28.3 Å². The lowest BCUT2D eigenvalue weighted by Crippen LogP contribution is -2.27. The summed E-state index contributed by atoms with van der Waals surface area (Å²) in [6, 6.07) is 0. The van der Waals surface area contributed by atoms with Gasteiger partial charge in [-0.3, -0.25) is 5.10 Å². The number of rotatable bonds is 4. The monoisotopic (exact) mass is 208 g/mol.